The van der Waals surface area contributed by atoms with Crippen molar-refractivity contribution < 1.29 is 9.59 Å². The van der Waals surface area contributed by atoms with Crippen LogP contribution in [-0.4, -0.2) is 40.8 Å². The summed E-state index contributed by atoms with van der Waals surface area (Å²) in [5, 5.41) is 6.51. The topological polar surface area (TPSA) is 94.3 Å². The maximum absolute atomic E-state index is 13.4. The second kappa shape index (κ2) is 10.9. The summed E-state index contributed by atoms with van der Waals surface area (Å²) in [6.45, 7) is 12.6. The van der Waals surface area contributed by atoms with Gasteiger partial charge in [-0.3, -0.25) is 14.4 Å². The molecule has 1 fully saturated rings. The van der Waals surface area contributed by atoms with E-state index >= 15 is 0 Å². The molecule has 2 amide bonds. The largest absolute Gasteiger partial charge is 0.380 e. The van der Waals surface area contributed by atoms with Crippen molar-refractivity contribution in [3.05, 3.63) is 99.0 Å². The molecule has 0 spiro atoms. The van der Waals surface area contributed by atoms with E-state index < -0.39 is 0 Å². The Labute approximate surface area is 217 Å². The van der Waals surface area contributed by atoms with Crippen molar-refractivity contribution in [2.24, 2.45) is 0 Å². The van der Waals surface area contributed by atoms with Gasteiger partial charge in [-0.1, -0.05) is 36.4 Å². The molecule has 0 radical (unpaired) electrons. The molecule has 3 N–H and O–H groups in total. The van der Waals surface area contributed by atoms with Crippen molar-refractivity contribution in [3.63, 3.8) is 0 Å². The van der Waals surface area contributed by atoms with Crippen LogP contribution >= 0.6 is 0 Å². The zero-order chi connectivity index (χ0) is 26.7. The highest BCUT2D eigenvalue weighted by Crippen LogP contribution is 2.30. The Balaban J connectivity index is 1.64. The Morgan fingerprint density at radius 1 is 1.08 bits per heavy atom. The monoisotopic (exact) mass is 498 g/mol. The maximum atomic E-state index is 13.4. The number of nitrogens with one attached hydrogen (secondary N) is 3. The first-order valence-corrected chi connectivity index (χ1v) is 12.5. The van der Waals surface area contributed by atoms with Gasteiger partial charge in [0, 0.05) is 48.2 Å². The molecule has 192 valence electrons. The summed E-state index contributed by atoms with van der Waals surface area (Å²) >= 11 is 0. The molecule has 4 rings (SSSR count). The second-order valence-electron chi connectivity index (χ2n) is 9.81. The maximum Gasteiger partial charge on any atom is 0.253 e. The number of carbonyl (C=O) groups is 2. The third kappa shape index (κ3) is 5.82. The van der Waals surface area contributed by atoms with Crippen LogP contribution in [0.4, 0.5) is 5.69 Å². The standard InChI is InChI=1S/C30H34N4O3/c1-6-28(35)34-12-11-24(17-34)33-27-15-23(22-9-7-18(2)8-10-22)14-25(21(27)5)29(36)31-16-26-19(3)13-20(4)32-30(26)37/h6-10,13-15,24,33H,1,11-12,16-17H2,2-5H3,(H,31,36)(H,32,37). The quantitative estimate of drug-likeness (QED) is 0.421. The van der Waals surface area contributed by atoms with Crippen LogP contribution in [-0.2, 0) is 11.3 Å². The van der Waals surface area contributed by atoms with E-state index in [0.29, 0.717) is 24.2 Å². The molecule has 3 aromatic rings. The summed E-state index contributed by atoms with van der Waals surface area (Å²) in [5.41, 5.74) is 7.27. The Kier molecular flexibility index (Phi) is 7.62. The molecule has 1 atom stereocenters. The molecular formula is C30H34N4O3. The van der Waals surface area contributed by atoms with Gasteiger partial charge in [-0.15, -0.1) is 0 Å². The number of H-pyrrole nitrogens is 1. The molecule has 2 heterocycles. The first-order chi connectivity index (χ1) is 17.7. The lowest BCUT2D eigenvalue weighted by Crippen LogP contribution is -2.31. The molecule has 0 aliphatic carbocycles. The molecule has 37 heavy (non-hydrogen) atoms. The van der Waals surface area contributed by atoms with Crippen LogP contribution in [0.2, 0.25) is 0 Å². The first-order valence-electron chi connectivity index (χ1n) is 12.5. The fraction of sp³-hybridized carbons (Fsp3) is 0.300. The smallest absolute Gasteiger partial charge is 0.253 e. The lowest BCUT2D eigenvalue weighted by molar-refractivity contribution is -0.125. The molecule has 1 aliphatic heterocycles. The van der Waals surface area contributed by atoms with Gasteiger partial charge >= 0.3 is 0 Å². The lowest BCUT2D eigenvalue weighted by atomic mass is 9.96. The van der Waals surface area contributed by atoms with Gasteiger partial charge in [0.15, 0.2) is 0 Å². The summed E-state index contributed by atoms with van der Waals surface area (Å²) < 4.78 is 0. The Bertz CT molecular complexity index is 1410. The fourth-order valence-electron chi connectivity index (χ4n) is 4.81. The van der Waals surface area contributed by atoms with E-state index in [1.165, 1.54) is 6.08 Å². The van der Waals surface area contributed by atoms with E-state index in [-0.39, 0.29) is 30.0 Å². The van der Waals surface area contributed by atoms with Gasteiger partial charge in [-0.05, 0) is 80.6 Å². The van der Waals surface area contributed by atoms with Crippen molar-refractivity contribution >= 4 is 17.5 Å². The molecule has 1 unspecified atom stereocenters. The van der Waals surface area contributed by atoms with Crippen molar-refractivity contribution in [3.8, 4) is 11.1 Å². The molecular weight excluding hydrogens is 464 g/mol. The summed E-state index contributed by atoms with van der Waals surface area (Å²) in [5.74, 6) is -0.320. The molecule has 7 heteroatoms. The third-order valence-corrected chi connectivity index (χ3v) is 6.99. The average Bonchev–Trinajstić information content (AvgIpc) is 3.33. The predicted octanol–water partition coefficient (Wildman–Crippen LogP) is 4.40. The number of likely N-dealkylation sites (tertiary alicyclic amines) is 1. The highest BCUT2D eigenvalue weighted by Gasteiger charge is 2.26. The summed E-state index contributed by atoms with van der Waals surface area (Å²) in [7, 11) is 0. The van der Waals surface area contributed by atoms with Crippen LogP contribution in [0.25, 0.3) is 11.1 Å². The van der Waals surface area contributed by atoms with Crippen molar-refractivity contribution in [2.75, 3.05) is 18.4 Å². The summed E-state index contributed by atoms with van der Waals surface area (Å²) in [6.07, 6.45) is 2.15. The van der Waals surface area contributed by atoms with Crippen LogP contribution in [0.1, 0.15) is 44.7 Å². The van der Waals surface area contributed by atoms with Gasteiger partial charge in [0.1, 0.15) is 0 Å². The van der Waals surface area contributed by atoms with Crippen molar-refractivity contribution in [1.82, 2.24) is 15.2 Å². The molecule has 0 saturated carbocycles. The SMILES string of the molecule is C=CC(=O)N1CCC(Nc2cc(-c3ccc(C)cc3)cc(C(=O)NCc3c(C)cc(C)[nH]c3=O)c2C)C1. The van der Waals surface area contributed by atoms with Gasteiger partial charge in [0.25, 0.3) is 11.5 Å². The Morgan fingerprint density at radius 2 is 1.81 bits per heavy atom. The number of anilines is 1. The normalized spacial score (nSPS) is 14.9. The van der Waals surface area contributed by atoms with Gasteiger partial charge < -0.3 is 20.5 Å². The van der Waals surface area contributed by atoms with Crippen LogP contribution in [0, 0.1) is 27.7 Å². The van der Waals surface area contributed by atoms with E-state index in [1.807, 2.05) is 64.1 Å². The molecule has 1 aromatic heterocycles. The highest BCUT2D eigenvalue weighted by molar-refractivity contribution is 5.98. The molecule has 0 bridgehead atoms. The van der Waals surface area contributed by atoms with E-state index in [1.54, 1.807) is 4.90 Å². The Hall–Kier alpha value is -4.13. The number of aryl methyl sites for hydroxylation is 3. The number of rotatable bonds is 7. The second-order valence-corrected chi connectivity index (χ2v) is 9.81. The van der Waals surface area contributed by atoms with E-state index in [0.717, 1.165) is 45.6 Å². The minimum atomic E-state index is -0.247. The number of aromatic amines is 1. The van der Waals surface area contributed by atoms with E-state index in [4.69, 9.17) is 0 Å². The van der Waals surface area contributed by atoms with Gasteiger partial charge in [-0.25, -0.2) is 0 Å². The predicted molar refractivity (Wildman–Crippen MR) is 148 cm³/mol. The molecule has 1 saturated heterocycles. The molecule has 1 aliphatic rings. The summed E-state index contributed by atoms with van der Waals surface area (Å²) in [4.78, 5) is 42.5. The average molecular weight is 499 g/mol. The minimum absolute atomic E-state index is 0.0699. The van der Waals surface area contributed by atoms with E-state index in [2.05, 4.69) is 28.3 Å². The first kappa shape index (κ1) is 25.9. The van der Waals surface area contributed by atoms with E-state index in [9.17, 15) is 14.4 Å². The zero-order valence-electron chi connectivity index (χ0n) is 21.9. The Morgan fingerprint density at radius 3 is 2.49 bits per heavy atom. The number of carbonyl (C=O) groups excluding carboxylic acids is 2. The van der Waals surface area contributed by atoms with Gasteiger partial charge in [-0.2, -0.15) is 0 Å². The van der Waals surface area contributed by atoms with Gasteiger partial charge in [0.05, 0.1) is 0 Å². The molecule has 2 aromatic carbocycles. The zero-order valence-corrected chi connectivity index (χ0v) is 21.9. The highest BCUT2D eigenvalue weighted by atomic mass is 16.2. The number of nitrogens with zero attached hydrogens (tertiary/aromatic N) is 1. The fourth-order valence-corrected chi connectivity index (χ4v) is 4.81. The van der Waals surface area contributed by atoms with Crippen molar-refractivity contribution in [2.45, 2.75) is 46.7 Å². The lowest BCUT2D eigenvalue weighted by Gasteiger charge is -2.20. The number of pyridine rings is 1. The van der Waals surface area contributed by atoms with Crippen LogP contribution in [0.3, 0.4) is 0 Å². The third-order valence-electron chi connectivity index (χ3n) is 6.99. The van der Waals surface area contributed by atoms with Crippen LogP contribution in [0.15, 0.2) is 59.9 Å². The number of amides is 2. The number of hydrogen-bond donors (Lipinski definition) is 3. The van der Waals surface area contributed by atoms with Crippen LogP contribution < -0.4 is 16.2 Å². The number of benzene rings is 2. The van der Waals surface area contributed by atoms with Crippen LogP contribution in [0.5, 0.6) is 0 Å². The van der Waals surface area contributed by atoms with Crippen molar-refractivity contribution in [1.29, 1.82) is 0 Å². The summed E-state index contributed by atoms with van der Waals surface area (Å²) in [6, 6.07) is 14.1. The minimum Gasteiger partial charge on any atom is -0.380 e. The number of hydrogen-bond acceptors (Lipinski definition) is 4. The van der Waals surface area contributed by atoms with Gasteiger partial charge in [0.2, 0.25) is 5.91 Å². The molecule has 7 nitrogen and oxygen atoms in total. The number of aromatic nitrogens is 1.